The molecule has 0 aliphatic carbocycles. The van der Waals surface area contributed by atoms with Crippen LogP contribution in [-0.4, -0.2) is 37.0 Å². The molecule has 0 heterocycles. The molecule has 0 amide bonds. The molecule has 0 saturated heterocycles. The van der Waals surface area contributed by atoms with Gasteiger partial charge in [-0.1, -0.05) is 6.07 Å². The topological polar surface area (TPSA) is 58.9 Å². The lowest BCUT2D eigenvalue weighted by Gasteiger charge is -2.12. The molecule has 0 fully saturated rings. The zero-order chi connectivity index (χ0) is 12.1. The Hall–Kier alpha value is -1.11. The Morgan fingerprint density at radius 2 is 2.12 bits per heavy atom. The molecule has 2 N–H and O–H groups in total. The molecule has 0 radical (unpaired) electrons. The molecule has 1 rings (SSSR count). The minimum absolute atomic E-state index is 0.0915. The van der Waals surface area contributed by atoms with E-state index in [0.29, 0.717) is 12.4 Å². The van der Waals surface area contributed by atoms with E-state index >= 15 is 0 Å². The van der Waals surface area contributed by atoms with Gasteiger partial charge in [-0.3, -0.25) is 0 Å². The summed E-state index contributed by atoms with van der Waals surface area (Å²) in [6.45, 7) is 2.12. The van der Waals surface area contributed by atoms with Gasteiger partial charge in [0, 0.05) is 18.6 Å². The maximum atomic E-state index is 13.3. The number of rotatable bonds is 5. The van der Waals surface area contributed by atoms with Gasteiger partial charge in [-0.2, -0.15) is 0 Å². The summed E-state index contributed by atoms with van der Waals surface area (Å²) in [5.41, 5.74) is -0.174. The SMILES string of the molecule is COC(C)COc1ccc(B(O)O)c(F)c1. The number of benzene rings is 1. The van der Waals surface area contributed by atoms with Crippen molar-refractivity contribution in [3.63, 3.8) is 0 Å². The fourth-order valence-electron chi connectivity index (χ4n) is 1.09. The molecule has 16 heavy (non-hydrogen) atoms. The van der Waals surface area contributed by atoms with Crippen molar-refractivity contribution >= 4 is 12.6 Å². The highest BCUT2D eigenvalue weighted by atomic mass is 19.1. The highest BCUT2D eigenvalue weighted by Crippen LogP contribution is 2.11. The zero-order valence-electron chi connectivity index (χ0n) is 9.18. The summed E-state index contributed by atoms with van der Waals surface area (Å²) in [6, 6.07) is 3.85. The normalized spacial score (nSPS) is 12.3. The second-order valence-corrected chi connectivity index (χ2v) is 3.41. The van der Waals surface area contributed by atoms with Gasteiger partial charge in [0.2, 0.25) is 0 Å². The van der Waals surface area contributed by atoms with E-state index in [4.69, 9.17) is 19.5 Å². The molecule has 1 aromatic carbocycles. The van der Waals surface area contributed by atoms with Crippen LogP contribution in [0.2, 0.25) is 0 Å². The molecule has 1 unspecified atom stereocenters. The largest absolute Gasteiger partial charge is 0.491 e. The van der Waals surface area contributed by atoms with E-state index < -0.39 is 12.9 Å². The van der Waals surface area contributed by atoms with Gasteiger partial charge in [0.1, 0.15) is 18.2 Å². The van der Waals surface area contributed by atoms with Crippen molar-refractivity contribution in [3.05, 3.63) is 24.0 Å². The van der Waals surface area contributed by atoms with Crippen LogP contribution in [0.25, 0.3) is 0 Å². The predicted octanol–water partition coefficient (Wildman–Crippen LogP) is -0.0808. The first-order valence-electron chi connectivity index (χ1n) is 4.85. The van der Waals surface area contributed by atoms with Gasteiger partial charge in [-0.05, 0) is 13.0 Å². The molecule has 0 spiro atoms. The fraction of sp³-hybridized carbons (Fsp3) is 0.400. The third-order valence-corrected chi connectivity index (χ3v) is 2.14. The van der Waals surface area contributed by atoms with E-state index in [9.17, 15) is 4.39 Å². The summed E-state index contributed by atoms with van der Waals surface area (Å²) in [5, 5.41) is 17.6. The molecular formula is C10H14BFO4. The zero-order valence-corrected chi connectivity index (χ0v) is 9.18. The Morgan fingerprint density at radius 1 is 1.44 bits per heavy atom. The van der Waals surface area contributed by atoms with Gasteiger partial charge in [0.25, 0.3) is 0 Å². The number of ether oxygens (including phenoxy) is 2. The number of methoxy groups -OCH3 is 1. The van der Waals surface area contributed by atoms with Gasteiger partial charge >= 0.3 is 7.12 Å². The Bertz CT molecular complexity index is 346. The van der Waals surface area contributed by atoms with Gasteiger partial charge in [-0.15, -0.1) is 0 Å². The first-order chi connectivity index (χ1) is 7.54. The van der Waals surface area contributed by atoms with E-state index in [1.165, 1.54) is 12.1 Å². The molecule has 1 atom stereocenters. The maximum absolute atomic E-state index is 13.3. The predicted molar refractivity (Wildman–Crippen MR) is 58.2 cm³/mol. The monoisotopic (exact) mass is 228 g/mol. The van der Waals surface area contributed by atoms with Crippen LogP contribution >= 0.6 is 0 Å². The van der Waals surface area contributed by atoms with E-state index in [0.717, 1.165) is 6.07 Å². The average molecular weight is 228 g/mol. The molecule has 0 saturated carbocycles. The summed E-state index contributed by atoms with van der Waals surface area (Å²) in [7, 11) is -0.258. The summed E-state index contributed by atoms with van der Waals surface area (Å²) < 4.78 is 23.5. The number of hydrogen-bond donors (Lipinski definition) is 2. The highest BCUT2D eigenvalue weighted by Gasteiger charge is 2.16. The van der Waals surface area contributed by atoms with E-state index in [1.807, 2.05) is 6.92 Å². The Balaban J connectivity index is 2.66. The summed E-state index contributed by atoms with van der Waals surface area (Å²) >= 11 is 0. The standard InChI is InChI=1S/C10H14BFO4/c1-7(15-2)6-16-8-3-4-9(11(13)14)10(12)5-8/h3-5,7,13-14H,6H2,1-2H3. The van der Waals surface area contributed by atoms with Crippen molar-refractivity contribution in [3.8, 4) is 5.75 Å². The molecule has 0 aliphatic heterocycles. The number of halogens is 1. The Morgan fingerprint density at radius 3 is 2.62 bits per heavy atom. The summed E-state index contributed by atoms with van der Waals surface area (Å²) in [6.07, 6.45) is -0.0915. The minimum Gasteiger partial charge on any atom is -0.491 e. The quantitative estimate of drug-likeness (QED) is 0.692. The fourth-order valence-corrected chi connectivity index (χ4v) is 1.09. The molecule has 1 aromatic rings. The second kappa shape index (κ2) is 5.84. The molecular weight excluding hydrogens is 214 g/mol. The van der Waals surface area contributed by atoms with Crippen LogP contribution in [0.1, 0.15) is 6.92 Å². The van der Waals surface area contributed by atoms with Crippen molar-refractivity contribution in [2.75, 3.05) is 13.7 Å². The van der Waals surface area contributed by atoms with Crippen molar-refractivity contribution in [2.45, 2.75) is 13.0 Å². The van der Waals surface area contributed by atoms with Crippen molar-refractivity contribution in [1.29, 1.82) is 0 Å². The maximum Gasteiger partial charge on any atom is 0.491 e. The lowest BCUT2D eigenvalue weighted by Crippen LogP contribution is -2.32. The lowest BCUT2D eigenvalue weighted by molar-refractivity contribution is 0.0715. The van der Waals surface area contributed by atoms with E-state index in [2.05, 4.69) is 0 Å². The summed E-state index contributed by atoms with van der Waals surface area (Å²) in [4.78, 5) is 0. The molecule has 6 heteroatoms. The van der Waals surface area contributed by atoms with E-state index in [-0.39, 0.29) is 11.6 Å². The van der Waals surface area contributed by atoms with Crippen LogP contribution in [0, 0.1) is 5.82 Å². The van der Waals surface area contributed by atoms with Crippen LogP contribution < -0.4 is 10.2 Å². The molecule has 4 nitrogen and oxygen atoms in total. The first kappa shape index (κ1) is 13.0. The van der Waals surface area contributed by atoms with Crippen LogP contribution in [0.5, 0.6) is 5.75 Å². The van der Waals surface area contributed by atoms with Crippen molar-refractivity contribution in [2.24, 2.45) is 0 Å². The van der Waals surface area contributed by atoms with E-state index in [1.54, 1.807) is 7.11 Å². The van der Waals surface area contributed by atoms with Crippen LogP contribution in [0.4, 0.5) is 4.39 Å². The van der Waals surface area contributed by atoms with Crippen molar-refractivity contribution < 1.29 is 23.9 Å². The van der Waals surface area contributed by atoms with Gasteiger partial charge in [0.05, 0.1) is 6.10 Å². The van der Waals surface area contributed by atoms with Gasteiger partial charge < -0.3 is 19.5 Å². The lowest BCUT2D eigenvalue weighted by atomic mass is 9.80. The minimum atomic E-state index is -1.81. The molecule has 0 aliphatic rings. The third kappa shape index (κ3) is 3.48. The van der Waals surface area contributed by atoms with Gasteiger partial charge in [0.15, 0.2) is 0 Å². The molecule has 0 aromatic heterocycles. The first-order valence-corrected chi connectivity index (χ1v) is 4.85. The summed E-state index contributed by atoms with van der Waals surface area (Å²) in [5.74, 6) is -0.386. The Kier molecular flexibility index (Phi) is 4.73. The van der Waals surface area contributed by atoms with Gasteiger partial charge in [-0.25, -0.2) is 4.39 Å². The van der Waals surface area contributed by atoms with Crippen LogP contribution in [0.15, 0.2) is 18.2 Å². The van der Waals surface area contributed by atoms with Crippen LogP contribution in [0.3, 0.4) is 0 Å². The Labute approximate surface area is 93.8 Å². The smallest absolute Gasteiger partial charge is 0.491 e. The number of hydrogen-bond acceptors (Lipinski definition) is 4. The average Bonchev–Trinajstić information content (AvgIpc) is 2.25. The molecule has 88 valence electrons. The van der Waals surface area contributed by atoms with Crippen molar-refractivity contribution in [1.82, 2.24) is 0 Å². The second-order valence-electron chi connectivity index (χ2n) is 3.41. The van der Waals surface area contributed by atoms with Crippen LogP contribution in [-0.2, 0) is 4.74 Å². The molecule has 0 bridgehead atoms. The third-order valence-electron chi connectivity index (χ3n) is 2.14. The highest BCUT2D eigenvalue weighted by molar-refractivity contribution is 6.58.